The molecule has 0 amide bonds. The van der Waals surface area contributed by atoms with Crippen LogP contribution in [0.1, 0.15) is 0 Å². The van der Waals surface area contributed by atoms with Gasteiger partial charge in [-0.3, -0.25) is 0 Å². The third kappa shape index (κ3) is 2.60. The number of aromatic hydroxyl groups is 1. The summed E-state index contributed by atoms with van der Waals surface area (Å²) in [7, 11) is 1.44. The lowest BCUT2D eigenvalue weighted by molar-refractivity contribution is 0.0119. The molecule has 1 aromatic rings. The van der Waals surface area contributed by atoms with Crippen LogP contribution in [0, 0.1) is 0 Å². The van der Waals surface area contributed by atoms with E-state index in [-0.39, 0.29) is 5.75 Å². The highest BCUT2D eigenvalue weighted by atomic mass is 35.5. The Balaban J connectivity index is 2.58. The Kier molecular flexibility index (Phi) is 3.19. The van der Waals surface area contributed by atoms with Crippen molar-refractivity contribution < 1.29 is 14.6 Å². The maximum atomic E-state index is 8.93. The zero-order valence-electron chi connectivity index (χ0n) is 6.53. The van der Waals surface area contributed by atoms with Gasteiger partial charge in [-0.2, -0.15) is 0 Å². The van der Waals surface area contributed by atoms with Gasteiger partial charge in [0.2, 0.25) is 0 Å². The van der Waals surface area contributed by atoms with Crippen LogP contribution in [0.5, 0.6) is 11.5 Å². The Hall–Kier alpha value is -0.930. The summed E-state index contributed by atoms with van der Waals surface area (Å²) in [6.45, 7) is 0. The monoisotopic (exact) mass is 188 g/mol. The minimum absolute atomic E-state index is 0.186. The largest absolute Gasteiger partial charge is 0.508 e. The molecule has 0 fully saturated rings. The molecule has 1 atom stereocenters. The maximum Gasteiger partial charge on any atom is 0.279 e. The lowest BCUT2D eigenvalue weighted by atomic mass is 10.3. The molecule has 66 valence electrons. The Bertz CT molecular complexity index is 235. The third-order valence-electron chi connectivity index (χ3n) is 1.25. The lowest BCUT2D eigenvalue weighted by Gasteiger charge is -2.09. The van der Waals surface area contributed by atoms with E-state index in [9.17, 15) is 0 Å². The molecule has 0 bridgehead atoms. The topological polar surface area (TPSA) is 38.7 Å². The van der Waals surface area contributed by atoms with E-state index in [2.05, 4.69) is 4.74 Å². The fraction of sp³-hybridized carbons (Fsp3) is 0.250. The Morgan fingerprint density at radius 3 is 2.42 bits per heavy atom. The van der Waals surface area contributed by atoms with Crippen molar-refractivity contribution in [3.63, 3.8) is 0 Å². The summed E-state index contributed by atoms with van der Waals surface area (Å²) in [4.78, 5) is 0. The molecular formula is C8H9ClO3. The van der Waals surface area contributed by atoms with Crippen molar-refractivity contribution in [2.24, 2.45) is 0 Å². The number of benzene rings is 1. The Morgan fingerprint density at radius 1 is 1.33 bits per heavy atom. The first kappa shape index (κ1) is 9.16. The van der Waals surface area contributed by atoms with Crippen molar-refractivity contribution in [3.8, 4) is 11.5 Å². The van der Waals surface area contributed by atoms with E-state index in [0.29, 0.717) is 5.75 Å². The van der Waals surface area contributed by atoms with E-state index >= 15 is 0 Å². The smallest absolute Gasteiger partial charge is 0.279 e. The minimum Gasteiger partial charge on any atom is -0.508 e. The summed E-state index contributed by atoms with van der Waals surface area (Å²) in [6, 6.07) is 6.22. The molecule has 0 spiro atoms. The molecule has 0 aliphatic heterocycles. The van der Waals surface area contributed by atoms with Gasteiger partial charge in [0, 0.05) is 7.11 Å². The van der Waals surface area contributed by atoms with Crippen LogP contribution >= 0.6 is 11.6 Å². The first-order valence-electron chi connectivity index (χ1n) is 3.35. The molecule has 0 aromatic heterocycles. The molecule has 1 aromatic carbocycles. The summed E-state index contributed by atoms with van der Waals surface area (Å²) >= 11 is 5.53. The van der Waals surface area contributed by atoms with Crippen LogP contribution in [0.15, 0.2) is 24.3 Å². The third-order valence-corrected chi connectivity index (χ3v) is 1.52. The predicted octanol–water partition coefficient (Wildman–Crippen LogP) is 1.94. The average Bonchev–Trinajstić information content (AvgIpc) is 2.09. The zero-order valence-corrected chi connectivity index (χ0v) is 7.28. The van der Waals surface area contributed by atoms with Crippen LogP contribution in [0.2, 0.25) is 0 Å². The summed E-state index contributed by atoms with van der Waals surface area (Å²) < 4.78 is 9.72. The predicted molar refractivity (Wildman–Crippen MR) is 45.4 cm³/mol. The molecule has 0 saturated heterocycles. The van der Waals surface area contributed by atoms with Crippen molar-refractivity contribution >= 4 is 11.6 Å². The Morgan fingerprint density at radius 2 is 1.92 bits per heavy atom. The number of alkyl halides is 1. The number of halogens is 1. The normalized spacial score (nSPS) is 12.5. The van der Waals surface area contributed by atoms with E-state index < -0.39 is 5.75 Å². The molecule has 0 aliphatic rings. The first-order valence-corrected chi connectivity index (χ1v) is 3.78. The summed E-state index contributed by atoms with van der Waals surface area (Å²) in [6.07, 6.45) is 0. The van der Waals surface area contributed by atoms with Crippen molar-refractivity contribution in [2.45, 2.75) is 5.75 Å². The number of phenols is 1. The van der Waals surface area contributed by atoms with Crippen LogP contribution < -0.4 is 4.74 Å². The molecule has 12 heavy (non-hydrogen) atoms. The molecule has 4 heteroatoms. The van der Waals surface area contributed by atoms with E-state index in [1.54, 1.807) is 12.1 Å². The SMILES string of the molecule is COC(Cl)Oc1ccc(O)cc1. The van der Waals surface area contributed by atoms with Crippen LogP contribution in [0.3, 0.4) is 0 Å². The molecule has 0 saturated carbocycles. The quantitative estimate of drug-likeness (QED) is 0.582. The summed E-state index contributed by atoms with van der Waals surface area (Å²) in [5.74, 6) is -0.0601. The van der Waals surface area contributed by atoms with E-state index in [0.717, 1.165) is 0 Å². The van der Waals surface area contributed by atoms with Crippen LogP contribution in [0.25, 0.3) is 0 Å². The van der Waals surface area contributed by atoms with Crippen molar-refractivity contribution in [1.29, 1.82) is 0 Å². The second kappa shape index (κ2) is 4.18. The highest BCUT2D eigenvalue weighted by Gasteiger charge is 2.02. The van der Waals surface area contributed by atoms with Crippen molar-refractivity contribution in [1.82, 2.24) is 0 Å². The zero-order chi connectivity index (χ0) is 8.97. The molecule has 0 radical (unpaired) electrons. The van der Waals surface area contributed by atoms with Gasteiger partial charge < -0.3 is 14.6 Å². The lowest BCUT2D eigenvalue weighted by Crippen LogP contribution is -2.10. The van der Waals surface area contributed by atoms with Gasteiger partial charge in [-0.25, -0.2) is 0 Å². The number of hydrogen-bond donors (Lipinski definition) is 1. The van der Waals surface area contributed by atoms with Crippen LogP contribution in [0.4, 0.5) is 0 Å². The fourth-order valence-electron chi connectivity index (χ4n) is 0.680. The van der Waals surface area contributed by atoms with Gasteiger partial charge in [0.05, 0.1) is 0 Å². The number of rotatable bonds is 3. The molecule has 3 nitrogen and oxygen atoms in total. The van der Waals surface area contributed by atoms with Gasteiger partial charge in [0.1, 0.15) is 11.5 Å². The van der Waals surface area contributed by atoms with Crippen molar-refractivity contribution in [2.75, 3.05) is 7.11 Å². The highest BCUT2D eigenvalue weighted by Crippen LogP contribution is 2.17. The first-order chi connectivity index (χ1) is 5.72. The van der Waals surface area contributed by atoms with Crippen LogP contribution in [-0.2, 0) is 4.74 Å². The maximum absolute atomic E-state index is 8.93. The van der Waals surface area contributed by atoms with E-state index in [4.69, 9.17) is 21.4 Å². The van der Waals surface area contributed by atoms with Gasteiger partial charge in [0.15, 0.2) is 0 Å². The second-order valence-corrected chi connectivity index (χ2v) is 2.48. The molecule has 1 N–H and O–H groups in total. The molecular weight excluding hydrogens is 180 g/mol. The van der Waals surface area contributed by atoms with Crippen LogP contribution in [-0.4, -0.2) is 18.0 Å². The standard InChI is InChI=1S/C8H9ClO3/c1-11-8(9)12-7-4-2-6(10)3-5-7/h2-5,8,10H,1H3. The van der Waals surface area contributed by atoms with Gasteiger partial charge in [0.25, 0.3) is 5.75 Å². The van der Waals surface area contributed by atoms with Crippen molar-refractivity contribution in [3.05, 3.63) is 24.3 Å². The van der Waals surface area contributed by atoms with E-state index in [1.165, 1.54) is 19.2 Å². The van der Waals surface area contributed by atoms with Gasteiger partial charge >= 0.3 is 0 Å². The summed E-state index contributed by atoms with van der Waals surface area (Å²) in [5.41, 5.74) is 0. The molecule has 1 rings (SSSR count). The number of methoxy groups -OCH3 is 1. The molecule has 0 heterocycles. The van der Waals surface area contributed by atoms with E-state index in [1.807, 2.05) is 0 Å². The van der Waals surface area contributed by atoms with Gasteiger partial charge in [-0.05, 0) is 35.9 Å². The number of hydrogen-bond acceptors (Lipinski definition) is 3. The fourth-order valence-corrected chi connectivity index (χ4v) is 0.783. The summed E-state index contributed by atoms with van der Waals surface area (Å²) in [5, 5.41) is 8.93. The number of ether oxygens (including phenoxy) is 2. The minimum atomic E-state index is -0.797. The molecule has 0 aliphatic carbocycles. The van der Waals surface area contributed by atoms with Gasteiger partial charge in [-0.15, -0.1) is 0 Å². The van der Waals surface area contributed by atoms with Gasteiger partial charge in [-0.1, -0.05) is 0 Å². The average molecular weight is 189 g/mol. The number of phenolic OH excluding ortho intramolecular Hbond substituents is 1. The molecule has 1 unspecified atom stereocenters. The Labute approximate surface area is 75.5 Å². The highest BCUT2D eigenvalue weighted by molar-refractivity contribution is 6.18. The second-order valence-electron chi connectivity index (χ2n) is 2.12.